The van der Waals surface area contributed by atoms with Crippen LogP contribution in [0.3, 0.4) is 0 Å². The molecule has 0 radical (unpaired) electrons. The van der Waals surface area contributed by atoms with Gasteiger partial charge >= 0.3 is 0 Å². The number of rotatable bonds is 2. The Balaban J connectivity index is 2.24. The van der Waals surface area contributed by atoms with Gasteiger partial charge in [0.1, 0.15) is 6.23 Å². The number of nitrogens with zero attached hydrogens (tertiary/aromatic N) is 1. The molecule has 1 atom stereocenters. The molecule has 0 aliphatic carbocycles. The zero-order valence-corrected chi connectivity index (χ0v) is 7.23. The predicted molar refractivity (Wildman–Crippen MR) is 45.2 cm³/mol. The molecule has 3 heteroatoms. The van der Waals surface area contributed by atoms with E-state index >= 15 is 0 Å². The fraction of sp³-hybridized carbons (Fsp3) is 1.00. The van der Waals surface area contributed by atoms with Gasteiger partial charge in [0.2, 0.25) is 0 Å². The number of aliphatic hydroxyl groups is 1. The van der Waals surface area contributed by atoms with E-state index in [1.165, 1.54) is 11.5 Å². The molecule has 1 unspecified atom stereocenters. The summed E-state index contributed by atoms with van der Waals surface area (Å²) in [5, 5.41) is 9.40. The molecule has 1 rings (SSSR count). The summed E-state index contributed by atoms with van der Waals surface area (Å²) in [5.74, 6) is 2.36. The van der Waals surface area contributed by atoms with Gasteiger partial charge in [0.25, 0.3) is 0 Å². The summed E-state index contributed by atoms with van der Waals surface area (Å²) in [5.41, 5.74) is 0. The van der Waals surface area contributed by atoms with Gasteiger partial charge in [0, 0.05) is 24.6 Å². The van der Waals surface area contributed by atoms with Crippen LogP contribution in [0.5, 0.6) is 0 Å². The lowest BCUT2D eigenvalue weighted by Crippen LogP contribution is -2.40. The van der Waals surface area contributed by atoms with E-state index in [-0.39, 0.29) is 6.23 Å². The summed E-state index contributed by atoms with van der Waals surface area (Å²) in [6, 6.07) is 0. The normalized spacial score (nSPS) is 24.6. The van der Waals surface area contributed by atoms with Gasteiger partial charge < -0.3 is 5.11 Å². The highest BCUT2D eigenvalue weighted by molar-refractivity contribution is 7.99. The highest BCUT2D eigenvalue weighted by Gasteiger charge is 2.15. The summed E-state index contributed by atoms with van der Waals surface area (Å²) >= 11 is 1.97. The average Bonchev–Trinajstić information content (AvgIpc) is 2.05. The molecule has 1 aliphatic heterocycles. The van der Waals surface area contributed by atoms with Crippen molar-refractivity contribution in [3.05, 3.63) is 0 Å². The minimum atomic E-state index is -0.194. The molecule has 1 N–H and O–H groups in total. The molecule has 1 aliphatic rings. The maximum absolute atomic E-state index is 9.40. The molecule has 1 heterocycles. The molecule has 0 aromatic heterocycles. The van der Waals surface area contributed by atoms with Crippen molar-refractivity contribution in [1.29, 1.82) is 0 Å². The molecule has 0 aromatic rings. The number of aliphatic hydroxyl groups excluding tert-OH is 1. The predicted octanol–water partition coefficient (Wildman–Crippen LogP) is 0.764. The Hall–Kier alpha value is 0.270. The second kappa shape index (κ2) is 4.21. The fourth-order valence-corrected chi connectivity index (χ4v) is 2.07. The lowest BCUT2D eigenvalue weighted by molar-refractivity contribution is 0.00814. The van der Waals surface area contributed by atoms with E-state index in [0.717, 1.165) is 19.5 Å². The summed E-state index contributed by atoms with van der Waals surface area (Å²) in [6.45, 7) is 4.13. The number of hydrogen-bond donors (Lipinski definition) is 1. The van der Waals surface area contributed by atoms with E-state index < -0.39 is 0 Å². The average molecular weight is 161 g/mol. The monoisotopic (exact) mass is 161 g/mol. The second-order valence-corrected chi connectivity index (χ2v) is 3.76. The first-order chi connectivity index (χ1) is 4.84. The van der Waals surface area contributed by atoms with Gasteiger partial charge in [-0.3, -0.25) is 4.90 Å². The van der Waals surface area contributed by atoms with Gasteiger partial charge in [-0.15, -0.1) is 0 Å². The summed E-state index contributed by atoms with van der Waals surface area (Å²) in [7, 11) is 0. The lowest BCUT2D eigenvalue weighted by Gasteiger charge is -2.29. The third-order valence-electron chi connectivity index (χ3n) is 1.83. The molecule has 0 spiro atoms. The van der Waals surface area contributed by atoms with Crippen LogP contribution >= 0.6 is 11.8 Å². The molecule has 1 fully saturated rings. The van der Waals surface area contributed by atoms with Crippen molar-refractivity contribution in [2.45, 2.75) is 19.6 Å². The van der Waals surface area contributed by atoms with Gasteiger partial charge in [-0.1, -0.05) is 6.92 Å². The minimum absolute atomic E-state index is 0.194. The van der Waals surface area contributed by atoms with Crippen molar-refractivity contribution < 1.29 is 5.11 Å². The maximum atomic E-state index is 9.40. The summed E-state index contributed by atoms with van der Waals surface area (Å²) < 4.78 is 0. The van der Waals surface area contributed by atoms with Crippen LogP contribution in [-0.2, 0) is 0 Å². The van der Waals surface area contributed by atoms with Gasteiger partial charge in [-0.05, 0) is 6.42 Å². The van der Waals surface area contributed by atoms with Crippen LogP contribution in [-0.4, -0.2) is 40.8 Å². The first-order valence-electron chi connectivity index (χ1n) is 3.84. The molecular weight excluding hydrogens is 146 g/mol. The second-order valence-electron chi connectivity index (χ2n) is 2.54. The van der Waals surface area contributed by atoms with E-state index in [2.05, 4.69) is 4.90 Å². The highest BCUT2D eigenvalue weighted by Crippen LogP contribution is 2.11. The smallest absolute Gasteiger partial charge is 0.107 e. The quantitative estimate of drug-likeness (QED) is 0.647. The van der Waals surface area contributed by atoms with E-state index in [1.807, 2.05) is 18.7 Å². The van der Waals surface area contributed by atoms with Crippen LogP contribution in [0.2, 0.25) is 0 Å². The maximum Gasteiger partial charge on any atom is 0.107 e. The van der Waals surface area contributed by atoms with Crippen LogP contribution in [0.1, 0.15) is 13.3 Å². The fourth-order valence-electron chi connectivity index (χ4n) is 1.13. The SMILES string of the molecule is CCC(O)N1CCSCC1. The first-order valence-corrected chi connectivity index (χ1v) is 5.00. The Morgan fingerprint density at radius 3 is 2.60 bits per heavy atom. The van der Waals surface area contributed by atoms with E-state index in [4.69, 9.17) is 0 Å². The van der Waals surface area contributed by atoms with E-state index in [1.54, 1.807) is 0 Å². The van der Waals surface area contributed by atoms with Crippen LogP contribution < -0.4 is 0 Å². The van der Waals surface area contributed by atoms with Crippen LogP contribution in [0, 0.1) is 0 Å². The van der Waals surface area contributed by atoms with Crippen molar-refractivity contribution in [3.63, 3.8) is 0 Å². The zero-order chi connectivity index (χ0) is 7.40. The van der Waals surface area contributed by atoms with E-state index in [9.17, 15) is 5.11 Å². The van der Waals surface area contributed by atoms with Gasteiger partial charge in [0.15, 0.2) is 0 Å². The highest BCUT2D eigenvalue weighted by atomic mass is 32.2. The largest absolute Gasteiger partial charge is 0.378 e. The minimum Gasteiger partial charge on any atom is -0.378 e. The molecule has 0 bridgehead atoms. The first kappa shape index (κ1) is 8.37. The Labute approximate surface area is 66.6 Å². The van der Waals surface area contributed by atoms with Gasteiger partial charge in [-0.2, -0.15) is 11.8 Å². The van der Waals surface area contributed by atoms with Gasteiger partial charge in [-0.25, -0.2) is 0 Å². The van der Waals surface area contributed by atoms with Crippen molar-refractivity contribution in [1.82, 2.24) is 4.90 Å². The molecule has 60 valence electrons. The topological polar surface area (TPSA) is 23.5 Å². The Morgan fingerprint density at radius 1 is 1.50 bits per heavy atom. The van der Waals surface area contributed by atoms with E-state index in [0.29, 0.717) is 0 Å². The standard InChI is InChI=1S/C7H15NOS/c1-2-7(9)8-3-5-10-6-4-8/h7,9H,2-6H2,1H3. The molecule has 10 heavy (non-hydrogen) atoms. The van der Waals surface area contributed by atoms with Crippen LogP contribution in [0.15, 0.2) is 0 Å². The Bertz CT molecular complexity index is 93.6. The Morgan fingerprint density at radius 2 is 2.10 bits per heavy atom. The van der Waals surface area contributed by atoms with Crippen LogP contribution in [0.25, 0.3) is 0 Å². The molecule has 0 aromatic carbocycles. The van der Waals surface area contributed by atoms with Crippen molar-refractivity contribution in [2.24, 2.45) is 0 Å². The zero-order valence-electron chi connectivity index (χ0n) is 6.42. The Kier molecular flexibility index (Phi) is 3.52. The molecular formula is C7H15NOS. The van der Waals surface area contributed by atoms with Crippen LogP contribution in [0.4, 0.5) is 0 Å². The third-order valence-corrected chi connectivity index (χ3v) is 2.77. The lowest BCUT2D eigenvalue weighted by atomic mass is 10.3. The molecule has 1 saturated heterocycles. The number of thioether (sulfide) groups is 1. The third kappa shape index (κ3) is 2.15. The van der Waals surface area contributed by atoms with Crippen molar-refractivity contribution in [2.75, 3.05) is 24.6 Å². The summed E-state index contributed by atoms with van der Waals surface area (Å²) in [4.78, 5) is 2.15. The van der Waals surface area contributed by atoms with Crippen molar-refractivity contribution >= 4 is 11.8 Å². The summed E-state index contributed by atoms with van der Waals surface area (Å²) in [6.07, 6.45) is 0.658. The molecule has 0 saturated carbocycles. The molecule has 2 nitrogen and oxygen atoms in total. The van der Waals surface area contributed by atoms with Crippen molar-refractivity contribution in [3.8, 4) is 0 Å². The van der Waals surface area contributed by atoms with Gasteiger partial charge in [0.05, 0.1) is 0 Å². The molecule has 0 amide bonds. The number of hydrogen-bond acceptors (Lipinski definition) is 3.